The minimum atomic E-state index is -1.28. The normalized spacial score (nSPS) is 19.9. The maximum absolute atomic E-state index is 10.3. The van der Waals surface area contributed by atoms with E-state index in [1.165, 1.54) is 0 Å². The van der Waals surface area contributed by atoms with Gasteiger partial charge in [-0.25, -0.2) is 0 Å². The van der Waals surface area contributed by atoms with E-state index in [1.54, 1.807) is 0 Å². The van der Waals surface area contributed by atoms with Crippen molar-refractivity contribution in [2.45, 2.75) is 45.4 Å². The van der Waals surface area contributed by atoms with E-state index in [1.807, 2.05) is 52.0 Å². The van der Waals surface area contributed by atoms with E-state index in [-0.39, 0.29) is 17.7 Å². The van der Waals surface area contributed by atoms with Crippen LogP contribution in [0.15, 0.2) is 24.3 Å². The lowest BCUT2D eigenvalue weighted by Gasteiger charge is -2.32. The molecule has 1 aromatic carbocycles. The first-order valence-electron chi connectivity index (χ1n) is 6.61. The minimum Gasteiger partial charge on any atom is -0.530 e. The summed E-state index contributed by atoms with van der Waals surface area (Å²) in [6.45, 7) is 8.25. The molecule has 1 N–H and O–H groups in total. The highest BCUT2D eigenvalue weighted by Crippen LogP contribution is 2.36. The van der Waals surface area contributed by atoms with Gasteiger partial charge in [0.25, 0.3) is 0 Å². The zero-order chi connectivity index (χ0) is 15.0. The molecule has 0 aliphatic carbocycles. The van der Waals surface area contributed by atoms with E-state index < -0.39 is 13.2 Å². The summed E-state index contributed by atoms with van der Waals surface area (Å²) in [5, 5.41) is 12.5. The zero-order valence-corrected chi connectivity index (χ0v) is 12.2. The first-order valence-corrected chi connectivity index (χ1v) is 6.61. The number of rotatable bonds is 3. The molecule has 0 saturated carbocycles. The van der Waals surface area contributed by atoms with Gasteiger partial charge in [-0.2, -0.15) is 0 Å². The lowest BCUT2D eigenvalue weighted by molar-refractivity contribution is -0.251. The second-order valence-electron chi connectivity index (χ2n) is 5.97. The van der Waals surface area contributed by atoms with Gasteiger partial charge >= 0.3 is 7.12 Å². The summed E-state index contributed by atoms with van der Waals surface area (Å²) >= 11 is 0. The first kappa shape index (κ1) is 14.9. The molecule has 1 aliphatic rings. The third-order valence-corrected chi connectivity index (χ3v) is 3.94. The van der Waals surface area contributed by atoms with Crippen LogP contribution in [0, 0.1) is 0 Å². The summed E-state index contributed by atoms with van der Waals surface area (Å²) in [5.74, 6) is 0. The number of amides is 1. The highest BCUT2D eigenvalue weighted by atomic mass is 16.7. The molecule has 0 aromatic heterocycles. The molecular weight excluding hydrogens is 257 g/mol. The predicted octanol–water partition coefficient (Wildman–Crippen LogP) is 0.419. The van der Waals surface area contributed by atoms with Crippen LogP contribution in [-0.4, -0.2) is 24.4 Å². The van der Waals surface area contributed by atoms with Gasteiger partial charge in [0.05, 0.1) is 11.2 Å². The van der Waals surface area contributed by atoms with Crippen molar-refractivity contribution in [2.24, 2.45) is 0 Å². The average Bonchev–Trinajstić information content (AvgIpc) is 2.56. The van der Waals surface area contributed by atoms with Crippen molar-refractivity contribution in [2.75, 3.05) is 0 Å². The Morgan fingerprint density at radius 2 is 1.65 bits per heavy atom. The molecule has 1 aromatic rings. The van der Waals surface area contributed by atoms with Gasteiger partial charge in [0.2, 0.25) is 0 Å². The summed E-state index contributed by atoms with van der Waals surface area (Å²) in [5.41, 5.74) is 1.04. The number of carbonyl (C=O) groups excluding carboxylic acids is 1. The van der Waals surface area contributed by atoms with Crippen LogP contribution >= 0.6 is 0 Å². The van der Waals surface area contributed by atoms with E-state index in [4.69, 9.17) is 9.31 Å². The second-order valence-corrected chi connectivity index (χ2v) is 5.97. The fraction of sp³-hybridized carbons (Fsp3) is 0.500. The fourth-order valence-corrected chi connectivity index (χ4v) is 1.95. The first-order chi connectivity index (χ1) is 9.21. The molecule has 0 spiro atoms. The lowest BCUT2D eigenvalue weighted by atomic mass is 9.79. The van der Waals surface area contributed by atoms with Crippen molar-refractivity contribution in [3.63, 3.8) is 0 Å². The van der Waals surface area contributed by atoms with Crippen LogP contribution in [0.5, 0.6) is 0 Å². The largest absolute Gasteiger partial charge is 0.530 e. The molecule has 108 valence electrons. The number of benzene rings is 1. The highest BCUT2D eigenvalue weighted by Gasteiger charge is 2.51. The Balaban J connectivity index is 2.06. The van der Waals surface area contributed by atoms with E-state index in [0.717, 1.165) is 11.0 Å². The molecule has 1 amide bonds. The third-order valence-electron chi connectivity index (χ3n) is 3.94. The molecule has 1 fully saturated rings. The van der Waals surface area contributed by atoms with Crippen LogP contribution in [0.2, 0.25) is 0 Å². The minimum absolute atomic E-state index is 0.228. The highest BCUT2D eigenvalue weighted by molar-refractivity contribution is 6.62. The number of carbonyl (C=O) groups is 1. The summed E-state index contributed by atoms with van der Waals surface area (Å²) in [7, 11) is -0.400. The van der Waals surface area contributed by atoms with Crippen LogP contribution in [0.1, 0.15) is 33.3 Å². The van der Waals surface area contributed by atoms with Crippen molar-refractivity contribution in [3.8, 4) is 0 Å². The molecule has 0 radical (unpaired) electrons. The molecule has 1 heterocycles. The smallest absolute Gasteiger partial charge is 0.494 e. The summed E-state index contributed by atoms with van der Waals surface area (Å²) in [6, 6.07) is 7.45. The van der Waals surface area contributed by atoms with E-state index in [9.17, 15) is 9.90 Å². The van der Waals surface area contributed by atoms with Crippen LogP contribution in [0.25, 0.3) is 0 Å². The Morgan fingerprint density at radius 3 is 2.10 bits per heavy atom. The van der Waals surface area contributed by atoms with Gasteiger partial charge in [0, 0.05) is 6.54 Å². The van der Waals surface area contributed by atoms with E-state index in [2.05, 4.69) is 5.32 Å². The van der Waals surface area contributed by atoms with Crippen molar-refractivity contribution >= 4 is 18.7 Å². The molecule has 6 heteroatoms. The Morgan fingerprint density at radius 1 is 1.15 bits per heavy atom. The van der Waals surface area contributed by atoms with Crippen molar-refractivity contribution in [1.82, 2.24) is 5.32 Å². The monoisotopic (exact) mass is 276 g/mol. The molecule has 1 saturated heterocycles. The van der Waals surface area contributed by atoms with Crippen molar-refractivity contribution in [1.29, 1.82) is 0 Å². The van der Waals surface area contributed by atoms with Gasteiger partial charge in [-0.3, -0.25) is 0 Å². The van der Waals surface area contributed by atoms with Gasteiger partial charge in [-0.15, -0.1) is 0 Å². The van der Waals surface area contributed by atoms with Crippen LogP contribution < -0.4 is 15.9 Å². The Bertz CT molecular complexity index is 482. The van der Waals surface area contributed by atoms with Crippen molar-refractivity contribution < 1.29 is 19.2 Å². The molecule has 0 unspecified atom stereocenters. The van der Waals surface area contributed by atoms with Crippen LogP contribution in [0.3, 0.4) is 0 Å². The van der Waals surface area contributed by atoms with Gasteiger partial charge in [0.15, 0.2) is 0 Å². The van der Waals surface area contributed by atoms with Gasteiger partial charge < -0.3 is 24.5 Å². The number of hydrogen-bond donors (Lipinski definition) is 1. The van der Waals surface area contributed by atoms with Crippen LogP contribution in [-0.2, 0) is 15.9 Å². The lowest BCUT2D eigenvalue weighted by Crippen LogP contribution is -2.41. The van der Waals surface area contributed by atoms with Gasteiger partial charge in [-0.1, -0.05) is 24.3 Å². The number of hydrogen-bond acceptors (Lipinski definition) is 4. The summed E-state index contributed by atoms with van der Waals surface area (Å²) < 4.78 is 11.9. The molecule has 1 aliphatic heterocycles. The molecule has 2 rings (SSSR count). The fourth-order valence-electron chi connectivity index (χ4n) is 1.95. The van der Waals surface area contributed by atoms with Crippen LogP contribution in [0.4, 0.5) is 4.79 Å². The van der Waals surface area contributed by atoms with E-state index >= 15 is 0 Å². The number of nitrogens with one attached hydrogen (secondary N) is 1. The van der Waals surface area contributed by atoms with Gasteiger partial charge in [0.1, 0.15) is 6.09 Å². The zero-order valence-electron chi connectivity index (χ0n) is 12.2. The molecule has 5 nitrogen and oxygen atoms in total. The molecule has 0 bridgehead atoms. The van der Waals surface area contributed by atoms with Gasteiger partial charge in [-0.05, 0) is 38.7 Å². The Kier molecular flexibility index (Phi) is 3.80. The molecule has 20 heavy (non-hydrogen) atoms. The summed E-state index contributed by atoms with van der Waals surface area (Å²) in [6.07, 6.45) is -1.28. The SMILES string of the molecule is CC1(C)OB(c2ccc(CNC(=O)[O-])cc2)OC1(C)C. The van der Waals surface area contributed by atoms with E-state index in [0.29, 0.717) is 0 Å². The second kappa shape index (κ2) is 5.11. The third kappa shape index (κ3) is 2.97. The molecule has 0 atom stereocenters. The maximum Gasteiger partial charge on any atom is 0.494 e. The number of carboxylic acid groups (broad SMARTS) is 1. The predicted molar refractivity (Wildman–Crippen MR) is 74.4 cm³/mol. The Hall–Kier alpha value is -1.53. The standard InChI is InChI=1S/C14H20BNO4/c1-13(2)14(3,4)20-15(19-13)11-7-5-10(6-8-11)9-16-12(17)18/h5-8,16H,9H2,1-4H3,(H,17,18)/p-1. The maximum atomic E-state index is 10.3. The summed E-state index contributed by atoms with van der Waals surface area (Å²) in [4.78, 5) is 10.3. The quantitative estimate of drug-likeness (QED) is 0.812. The average molecular weight is 276 g/mol. The van der Waals surface area contributed by atoms with Crippen molar-refractivity contribution in [3.05, 3.63) is 29.8 Å². The Labute approximate surface area is 119 Å². The molecular formula is C14H19BNO4-. The topological polar surface area (TPSA) is 70.6 Å².